The Labute approximate surface area is 168 Å². The fourth-order valence-corrected chi connectivity index (χ4v) is 3.41. The van der Waals surface area contributed by atoms with Crippen LogP contribution < -0.4 is 0 Å². The van der Waals surface area contributed by atoms with Crippen molar-refractivity contribution in [2.24, 2.45) is 0 Å². The van der Waals surface area contributed by atoms with Crippen molar-refractivity contribution in [1.82, 2.24) is 19.6 Å². The molecule has 0 bridgehead atoms. The van der Waals surface area contributed by atoms with Gasteiger partial charge in [0.25, 0.3) is 5.91 Å². The van der Waals surface area contributed by atoms with Crippen molar-refractivity contribution in [1.29, 1.82) is 0 Å². The predicted octanol–water partition coefficient (Wildman–Crippen LogP) is 2.54. The van der Waals surface area contributed by atoms with Gasteiger partial charge in [-0.05, 0) is 48.0 Å². The average molecular weight is 392 g/mol. The van der Waals surface area contributed by atoms with Gasteiger partial charge in [-0.1, -0.05) is 12.1 Å². The minimum absolute atomic E-state index is 0.0470. The van der Waals surface area contributed by atoms with E-state index in [-0.39, 0.29) is 17.6 Å². The minimum Gasteiger partial charge on any atom is -0.339 e. The molecule has 2 heterocycles. The van der Waals surface area contributed by atoms with E-state index in [1.807, 2.05) is 36.5 Å². The highest BCUT2D eigenvalue weighted by Crippen LogP contribution is 2.13. The molecule has 148 valence electrons. The van der Waals surface area contributed by atoms with Crippen molar-refractivity contribution < 1.29 is 14.0 Å². The van der Waals surface area contributed by atoms with E-state index in [1.54, 1.807) is 20.7 Å². The van der Waals surface area contributed by atoms with Gasteiger partial charge in [-0.25, -0.2) is 9.07 Å². The summed E-state index contributed by atoms with van der Waals surface area (Å²) in [5.41, 5.74) is 2.35. The van der Waals surface area contributed by atoms with Crippen LogP contribution in [0.5, 0.6) is 0 Å². The number of halogens is 1. The van der Waals surface area contributed by atoms with Crippen LogP contribution >= 0.6 is 0 Å². The minimum atomic E-state index is -0.366. The second kappa shape index (κ2) is 8.26. The Morgan fingerprint density at radius 2 is 1.55 bits per heavy atom. The third-order valence-corrected chi connectivity index (χ3v) is 5.07. The zero-order valence-corrected chi connectivity index (χ0v) is 15.9. The van der Waals surface area contributed by atoms with E-state index < -0.39 is 0 Å². The summed E-state index contributed by atoms with van der Waals surface area (Å²) < 4.78 is 14.8. The molecule has 1 aliphatic heterocycles. The van der Waals surface area contributed by atoms with Gasteiger partial charge in [-0.2, -0.15) is 5.10 Å². The van der Waals surface area contributed by atoms with Crippen LogP contribution in [0.25, 0.3) is 5.69 Å². The molecule has 1 aromatic heterocycles. The first-order chi connectivity index (χ1) is 14.1. The maximum absolute atomic E-state index is 13.0. The molecule has 4 rings (SSSR count). The Hall–Kier alpha value is -3.48. The van der Waals surface area contributed by atoms with E-state index in [2.05, 4.69) is 5.10 Å². The number of rotatable bonds is 4. The largest absolute Gasteiger partial charge is 0.339 e. The molecule has 0 radical (unpaired) electrons. The third-order valence-electron chi connectivity index (χ3n) is 5.07. The van der Waals surface area contributed by atoms with Crippen molar-refractivity contribution in [2.45, 2.75) is 6.42 Å². The summed E-state index contributed by atoms with van der Waals surface area (Å²) in [6, 6.07) is 15.1. The molecule has 1 aliphatic rings. The summed E-state index contributed by atoms with van der Waals surface area (Å²) in [5.74, 6) is -0.452. The molecule has 0 saturated carbocycles. The Bertz CT molecular complexity index is 977. The maximum atomic E-state index is 13.0. The van der Waals surface area contributed by atoms with Gasteiger partial charge in [-0.15, -0.1) is 0 Å². The highest BCUT2D eigenvalue weighted by atomic mass is 19.1. The summed E-state index contributed by atoms with van der Waals surface area (Å²) in [7, 11) is 0. The molecular formula is C22H21FN4O2. The van der Waals surface area contributed by atoms with Crippen LogP contribution in [0.2, 0.25) is 0 Å². The van der Waals surface area contributed by atoms with E-state index in [0.717, 1.165) is 11.3 Å². The number of benzene rings is 2. The van der Waals surface area contributed by atoms with Crippen LogP contribution in [0.4, 0.5) is 4.39 Å². The Balaban J connectivity index is 1.31. The van der Waals surface area contributed by atoms with Gasteiger partial charge in [-0.3, -0.25) is 9.59 Å². The Morgan fingerprint density at radius 3 is 2.17 bits per heavy atom. The van der Waals surface area contributed by atoms with E-state index in [1.165, 1.54) is 24.3 Å². The lowest BCUT2D eigenvalue weighted by Crippen LogP contribution is -2.51. The lowest BCUT2D eigenvalue weighted by molar-refractivity contribution is -0.131. The number of amides is 2. The first kappa shape index (κ1) is 18.9. The quantitative estimate of drug-likeness (QED) is 0.686. The molecule has 0 unspecified atom stereocenters. The number of aromatic nitrogens is 2. The first-order valence-electron chi connectivity index (χ1n) is 9.52. The maximum Gasteiger partial charge on any atom is 0.253 e. The summed E-state index contributed by atoms with van der Waals surface area (Å²) >= 11 is 0. The summed E-state index contributed by atoms with van der Waals surface area (Å²) in [6.07, 6.45) is 3.91. The summed E-state index contributed by atoms with van der Waals surface area (Å²) in [6.45, 7) is 1.94. The molecule has 1 fully saturated rings. The smallest absolute Gasteiger partial charge is 0.253 e. The molecular weight excluding hydrogens is 371 g/mol. The normalized spacial score (nSPS) is 14.1. The number of carbonyl (C=O) groups excluding carboxylic acids is 2. The van der Waals surface area contributed by atoms with Crippen LogP contribution in [0, 0.1) is 5.82 Å². The molecule has 3 aromatic rings. The van der Waals surface area contributed by atoms with Gasteiger partial charge in [0.1, 0.15) is 5.82 Å². The average Bonchev–Trinajstić information content (AvgIpc) is 3.29. The van der Waals surface area contributed by atoms with Gasteiger partial charge in [0.2, 0.25) is 5.91 Å². The summed E-state index contributed by atoms with van der Waals surface area (Å²) in [4.78, 5) is 28.6. The van der Waals surface area contributed by atoms with Crippen LogP contribution in [0.1, 0.15) is 15.9 Å². The second-order valence-corrected chi connectivity index (χ2v) is 6.97. The molecule has 7 heteroatoms. The van der Waals surface area contributed by atoms with Crippen LogP contribution in [-0.4, -0.2) is 57.6 Å². The van der Waals surface area contributed by atoms with Crippen molar-refractivity contribution in [3.05, 3.63) is 83.9 Å². The molecule has 0 spiro atoms. The van der Waals surface area contributed by atoms with E-state index in [9.17, 15) is 14.0 Å². The molecule has 0 N–H and O–H groups in total. The van der Waals surface area contributed by atoms with Gasteiger partial charge >= 0.3 is 0 Å². The standard InChI is InChI=1S/C22H21FN4O2/c23-19-6-4-18(5-7-19)22(29)26-14-12-25(13-15-26)21(28)16-17-2-8-20(9-3-17)27-11-1-10-24-27/h1-11H,12-16H2. The zero-order chi connectivity index (χ0) is 20.2. The fourth-order valence-electron chi connectivity index (χ4n) is 3.41. The van der Waals surface area contributed by atoms with Gasteiger partial charge < -0.3 is 9.80 Å². The fraction of sp³-hybridized carbons (Fsp3) is 0.227. The molecule has 2 aromatic carbocycles. The molecule has 1 saturated heterocycles. The zero-order valence-electron chi connectivity index (χ0n) is 15.9. The highest BCUT2D eigenvalue weighted by molar-refractivity contribution is 5.94. The summed E-state index contributed by atoms with van der Waals surface area (Å²) in [5, 5.41) is 4.19. The van der Waals surface area contributed by atoms with Crippen LogP contribution in [0.3, 0.4) is 0 Å². The number of piperazine rings is 1. The molecule has 0 aliphatic carbocycles. The molecule has 6 nitrogen and oxygen atoms in total. The lowest BCUT2D eigenvalue weighted by atomic mass is 10.1. The highest BCUT2D eigenvalue weighted by Gasteiger charge is 2.24. The molecule has 2 amide bonds. The van der Waals surface area contributed by atoms with Gasteiger partial charge in [0.05, 0.1) is 12.1 Å². The van der Waals surface area contributed by atoms with E-state index in [4.69, 9.17) is 0 Å². The topological polar surface area (TPSA) is 58.4 Å². The first-order valence-corrected chi connectivity index (χ1v) is 9.52. The van der Waals surface area contributed by atoms with Crippen molar-refractivity contribution >= 4 is 11.8 Å². The van der Waals surface area contributed by atoms with Crippen molar-refractivity contribution in [3.63, 3.8) is 0 Å². The van der Waals surface area contributed by atoms with E-state index >= 15 is 0 Å². The number of hydrogen-bond donors (Lipinski definition) is 0. The van der Waals surface area contributed by atoms with E-state index in [0.29, 0.717) is 38.2 Å². The van der Waals surface area contributed by atoms with Crippen LogP contribution in [0.15, 0.2) is 67.0 Å². The number of nitrogens with zero attached hydrogens (tertiary/aromatic N) is 4. The number of hydrogen-bond acceptors (Lipinski definition) is 3. The van der Waals surface area contributed by atoms with Crippen LogP contribution in [-0.2, 0) is 11.2 Å². The van der Waals surface area contributed by atoms with Crippen molar-refractivity contribution in [3.8, 4) is 5.69 Å². The van der Waals surface area contributed by atoms with Crippen molar-refractivity contribution in [2.75, 3.05) is 26.2 Å². The number of carbonyl (C=O) groups is 2. The lowest BCUT2D eigenvalue weighted by Gasteiger charge is -2.35. The monoisotopic (exact) mass is 392 g/mol. The predicted molar refractivity (Wildman–Crippen MR) is 106 cm³/mol. The molecule has 0 atom stereocenters. The second-order valence-electron chi connectivity index (χ2n) is 6.97. The SMILES string of the molecule is O=C(Cc1ccc(-n2cccn2)cc1)N1CCN(C(=O)c2ccc(F)cc2)CC1. The Morgan fingerprint density at radius 1 is 0.897 bits per heavy atom. The third kappa shape index (κ3) is 4.34. The van der Waals surface area contributed by atoms with Gasteiger partial charge in [0.15, 0.2) is 0 Å². The molecule has 29 heavy (non-hydrogen) atoms. The van der Waals surface area contributed by atoms with Gasteiger partial charge in [0, 0.05) is 44.1 Å². The Kier molecular flexibility index (Phi) is 5.37.